The van der Waals surface area contributed by atoms with Crippen LogP contribution in [-0.2, 0) is 0 Å². The van der Waals surface area contributed by atoms with Crippen molar-refractivity contribution < 1.29 is 22.7 Å². The lowest BCUT2D eigenvalue weighted by Gasteiger charge is -2.04. The van der Waals surface area contributed by atoms with Crippen LogP contribution in [0, 0.1) is 5.82 Å². The van der Waals surface area contributed by atoms with Crippen LogP contribution in [0.25, 0.3) is 6.08 Å². The van der Waals surface area contributed by atoms with Gasteiger partial charge in [-0.3, -0.25) is 4.79 Å². The summed E-state index contributed by atoms with van der Waals surface area (Å²) in [6.07, 6.45) is 2.57. The summed E-state index contributed by atoms with van der Waals surface area (Å²) in [6, 6.07) is 9.64. The molecule has 0 spiro atoms. The van der Waals surface area contributed by atoms with Crippen LogP contribution in [0.1, 0.15) is 15.9 Å². The molecule has 0 atom stereocenters. The van der Waals surface area contributed by atoms with Crippen LogP contribution < -0.4 is 4.74 Å². The van der Waals surface area contributed by atoms with Crippen molar-refractivity contribution in [2.45, 2.75) is 6.61 Å². The maximum atomic E-state index is 13.5. The van der Waals surface area contributed by atoms with Gasteiger partial charge in [0.1, 0.15) is 11.6 Å². The molecule has 2 rings (SSSR count). The van der Waals surface area contributed by atoms with E-state index in [1.165, 1.54) is 42.5 Å². The standard InChI is InChI=1S/C16H10BrF3O2/c17-12-4-7-14(18)11(9-12)3-8-15(21)10-1-5-13(6-2-10)22-16(19)20/h1-9,16H/b8-3+. The highest BCUT2D eigenvalue weighted by Crippen LogP contribution is 2.18. The fourth-order valence-electron chi connectivity index (χ4n) is 1.70. The maximum Gasteiger partial charge on any atom is 0.387 e. The molecule has 0 aliphatic carbocycles. The summed E-state index contributed by atoms with van der Waals surface area (Å²) < 4.78 is 42.4. The zero-order chi connectivity index (χ0) is 16.1. The van der Waals surface area contributed by atoms with E-state index >= 15 is 0 Å². The number of halogens is 4. The summed E-state index contributed by atoms with van der Waals surface area (Å²) >= 11 is 3.22. The average molecular weight is 371 g/mol. The van der Waals surface area contributed by atoms with Gasteiger partial charge in [0.2, 0.25) is 0 Å². The van der Waals surface area contributed by atoms with Crippen molar-refractivity contribution in [1.29, 1.82) is 0 Å². The minimum Gasteiger partial charge on any atom is -0.435 e. The van der Waals surface area contributed by atoms with Crippen LogP contribution in [0.15, 0.2) is 53.0 Å². The monoisotopic (exact) mass is 370 g/mol. The Hall–Kier alpha value is -2.08. The molecule has 2 aromatic rings. The molecule has 0 saturated heterocycles. The number of ether oxygens (including phenoxy) is 1. The molecule has 2 nitrogen and oxygen atoms in total. The molecule has 0 saturated carbocycles. The predicted octanol–water partition coefficient (Wildman–Crippen LogP) is 5.09. The lowest BCUT2D eigenvalue weighted by atomic mass is 10.1. The number of alkyl halides is 2. The number of hydrogen-bond donors (Lipinski definition) is 0. The van der Waals surface area contributed by atoms with Gasteiger partial charge in [0.15, 0.2) is 5.78 Å². The summed E-state index contributed by atoms with van der Waals surface area (Å²) in [6.45, 7) is -2.92. The molecular weight excluding hydrogens is 361 g/mol. The molecule has 2 aromatic carbocycles. The van der Waals surface area contributed by atoms with E-state index in [9.17, 15) is 18.0 Å². The van der Waals surface area contributed by atoms with Gasteiger partial charge in [-0.1, -0.05) is 15.9 Å². The van der Waals surface area contributed by atoms with Crippen molar-refractivity contribution in [3.05, 3.63) is 70.0 Å². The Morgan fingerprint density at radius 3 is 2.45 bits per heavy atom. The van der Waals surface area contributed by atoms with E-state index in [2.05, 4.69) is 20.7 Å². The third-order valence-electron chi connectivity index (χ3n) is 2.74. The molecule has 114 valence electrons. The SMILES string of the molecule is O=C(/C=C/c1cc(Br)ccc1F)c1ccc(OC(F)F)cc1. The Bertz CT molecular complexity index is 697. The number of carbonyl (C=O) groups is 1. The number of benzene rings is 2. The lowest BCUT2D eigenvalue weighted by molar-refractivity contribution is -0.0498. The first kappa shape index (κ1) is 16.3. The molecule has 6 heteroatoms. The largest absolute Gasteiger partial charge is 0.435 e. The molecule has 0 unspecified atom stereocenters. The Labute approximate surface area is 133 Å². The van der Waals surface area contributed by atoms with Gasteiger partial charge < -0.3 is 4.74 Å². The number of ketones is 1. The van der Waals surface area contributed by atoms with Crippen molar-refractivity contribution in [1.82, 2.24) is 0 Å². The first-order valence-electron chi connectivity index (χ1n) is 6.18. The summed E-state index contributed by atoms with van der Waals surface area (Å²) in [4.78, 5) is 11.9. The zero-order valence-electron chi connectivity index (χ0n) is 11.1. The number of rotatable bonds is 5. The molecule has 0 heterocycles. The van der Waals surface area contributed by atoms with Crippen LogP contribution in [0.3, 0.4) is 0 Å². The molecule has 0 amide bonds. The highest BCUT2D eigenvalue weighted by atomic mass is 79.9. The van der Waals surface area contributed by atoms with Gasteiger partial charge in [0.25, 0.3) is 0 Å². The van der Waals surface area contributed by atoms with Crippen molar-refractivity contribution in [3.8, 4) is 5.75 Å². The van der Waals surface area contributed by atoms with Crippen molar-refractivity contribution in [2.24, 2.45) is 0 Å². The molecule has 0 fully saturated rings. The second-order valence-electron chi connectivity index (χ2n) is 4.27. The highest BCUT2D eigenvalue weighted by molar-refractivity contribution is 9.10. The van der Waals surface area contributed by atoms with Gasteiger partial charge in [-0.15, -0.1) is 0 Å². The van der Waals surface area contributed by atoms with Gasteiger partial charge in [-0.25, -0.2) is 4.39 Å². The summed E-state index contributed by atoms with van der Waals surface area (Å²) in [5.74, 6) is -0.857. The molecule has 0 aromatic heterocycles. The molecule has 0 N–H and O–H groups in total. The zero-order valence-corrected chi connectivity index (χ0v) is 12.7. The summed E-state index contributed by atoms with van der Waals surface area (Å²) in [5, 5.41) is 0. The maximum absolute atomic E-state index is 13.5. The Kier molecular flexibility index (Phi) is 5.38. The van der Waals surface area contributed by atoms with Gasteiger partial charge >= 0.3 is 6.61 Å². The topological polar surface area (TPSA) is 26.3 Å². The smallest absolute Gasteiger partial charge is 0.387 e. The van der Waals surface area contributed by atoms with Crippen molar-refractivity contribution in [2.75, 3.05) is 0 Å². The van der Waals surface area contributed by atoms with Crippen molar-refractivity contribution in [3.63, 3.8) is 0 Å². The van der Waals surface area contributed by atoms with Crippen LogP contribution in [-0.4, -0.2) is 12.4 Å². The lowest BCUT2D eigenvalue weighted by Crippen LogP contribution is -2.02. The van der Waals surface area contributed by atoms with E-state index in [0.717, 1.165) is 0 Å². The van der Waals surface area contributed by atoms with E-state index in [1.807, 2.05) is 0 Å². The number of carbonyl (C=O) groups excluding carboxylic acids is 1. The average Bonchev–Trinajstić information content (AvgIpc) is 2.48. The third kappa shape index (κ3) is 4.46. The van der Waals surface area contributed by atoms with Gasteiger partial charge in [-0.05, 0) is 54.6 Å². The second kappa shape index (κ2) is 7.26. The normalized spacial score (nSPS) is 11.1. The quantitative estimate of drug-likeness (QED) is 0.541. The third-order valence-corrected chi connectivity index (χ3v) is 3.23. The van der Waals surface area contributed by atoms with E-state index in [0.29, 0.717) is 4.47 Å². The van der Waals surface area contributed by atoms with Crippen LogP contribution >= 0.6 is 15.9 Å². The predicted molar refractivity (Wildman–Crippen MR) is 80.5 cm³/mol. The van der Waals surface area contributed by atoms with Crippen molar-refractivity contribution >= 4 is 27.8 Å². The first-order chi connectivity index (χ1) is 10.5. The minimum atomic E-state index is -2.92. The summed E-state index contributed by atoms with van der Waals surface area (Å²) in [7, 11) is 0. The van der Waals surface area contributed by atoms with E-state index in [4.69, 9.17) is 0 Å². The fraction of sp³-hybridized carbons (Fsp3) is 0.0625. The molecular formula is C16H10BrF3O2. The molecule has 0 radical (unpaired) electrons. The molecule has 0 aliphatic rings. The number of hydrogen-bond acceptors (Lipinski definition) is 2. The summed E-state index contributed by atoms with van der Waals surface area (Å²) in [5.41, 5.74) is 0.550. The Morgan fingerprint density at radius 1 is 1.14 bits per heavy atom. The second-order valence-corrected chi connectivity index (χ2v) is 5.18. The number of allylic oxidation sites excluding steroid dienone is 1. The molecule has 0 aliphatic heterocycles. The van der Waals surface area contributed by atoms with Gasteiger partial charge in [0.05, 0.1) is 0 Å². The Balaban J connectivity index is 2.11. The Morgan fingerprint density at radius 2 is 1.82 bits per heavy atom. The highest BCUT2D eigenvalue weighted by Gasteiger charge is 2.06. The molecule has 22 heavy (non-hydrogen) atoms. The van der Waals surface area contributed by atoms with E-state index < -0.39 is 12.4 Å². The van der Waals surface area contributed by atoms with Crippen LogP contribution in [0.5, 0.6) is 5.75 Å². The van der Waals surface area contributed by atoms with E-state index in [1.54, 1.807) is 12.1 Å². The van der Waals surface area contributed by atoms with Gasteiger partial charge in [-0.2, -0.15) is 8.78 Å². The minimum absolute atomic E-state index is 0.0337. The molecule has 0 bridgehead atoms. The first-order valence-corrected chi connectivity index (χ1v) is 6.97. The van der Waals surface area contributed by atoms with Crippen LogP contribution in [0.4, 0.5) is 13.2 Å². The van der Waals surface area contributed by atoms with Gasteiger partial charge in [0, 0.05) is 15.6 Å². The van der Waals surface area contributed by atoms with Crippen LogP contribution in [0.2, 0.25) is 0 Å². The fourth-order valence-corrected chi connectivity index (χ4v) is 2.08. The van der Waals surface area contributed by atoms with E-state index in [-0.39, 0.29) is 22.7 Å².